The Morgan fingerprint density at radius 3 is 2.23 bits per heavy atom. The van der Waals surface area contributed by atoms with Crippen LogP contribution in [0.1, 0.15) is 0 Å². The molecule has 5 nitrogen and oxygen atoms in total. The van der Waals surface area contributed by atoms with Crippen molar-refractivity contribution in [3.8, 4) is 0 Å². The minimum absolute atomic E-state index is 0.900. The van der Waals surface area contributed by atoms with Gasteiger partial charge in [0.1, 0.15) is 12.0 Å². The van der Waals surface area contributed by atoms with Crippen LogP contribution in [-0.4, -0.2) is 24.3 Å². The highest BCUT2D eigenvalue weighted by Crippen LogP contribution is 2.44. The quantitative estimate of drug-likeness (QED) is 0.208. The largest absolute Gasteiger partial charge is 0.292 e. The average Bonchev–Trinajstić information content (AvgIpc) is 3.40. The molecule has 0 aliphatic rings. The maximum Gasteiger partial charge on any atom is 0.146 e. The third kappa shape index (κ3) is 3.29. The van der Waals surface area contributed by atoms with E-state index in [2.05, 4.69) is 104 Å². The fraction of sp³-hybridized carbons (Fsp3) is 0. The Morgan fingerprint density at radius 2 is 1.38 bits per heavy atom. The number of rotatable bonds is 3. The first-order valence-corrected chi connectivity index (χ1v) is 15.5. The predicted octanol–water partition coefficient (Wildman–Crippen LogP) is 5.89. The van der Waals surface area contributed by atoms with Crippen molar-refractivity contribution in [2.24, 2.45) is 0 Å². The zero-order chi connectivity index (χ0) is 26.0. The number of nitrogens with zero attached hydrogens (tertiary/aromatic N) is 5. The maximum absolute atomic E-state index is 6.70. The molecule has 0 aliphatic carbocycles. The van der Waals surface area contributed by atoms with Gasteiger partial charge in [-0.25, -0.2) is 15.0 Å². The molecule has 4 aromatic carbocycles. The van der Waals surface area contributed by atoms with Crippen LogP contribution in [0.3, 0.4) is 0 Å². The molecule has 4 heterocycles. The molecule has 7 heteroatoms. The zero-order valence-electron chi connectivity index (χ0n) is 20.6. The molecule has 39 heavy (non-hydrogen) atoms. The van der Waals surface area contributed by atoms with Crippen molar-refractivity contribution in [1.82, 2.24) is 24.3 Å². The van der Waals surface area contributed by atoms with Crippen molar-refractivity contribution in [3.05, 3.63) is 122 Å². The molecule has 8 aromatic rings. The number of fused-ring (bicyclic) bond motifs is 9. The van der Waals surface area contributed by atoms with E-state index in [0.717, 1.165) is 54.4 Å². The number of imidazole rings is 1. The summed E-state index contributed by atoms with van der Waals surface area (Å²) < 4.78 is 2.29. The lowest BCUT2D eigenvalue weighted by atomic mass is 10.1. The Kier molecular flexibility index (Phi) is 4.90. The molecular formula is C32H20N5PS. The van der Waals surface area contributed by atoms with E-state index < -0.39 is 6.04 Å². The molecule has 1 unspecified atom stereocenters. The van der Waals surface area contributed by atoms with Gasteiger partial charge in [-0.05, 0) is 52.4 Å². The van der Waals surface area contributed by atoms with Gasteiger partial charge in [0.05, 0.1) is 22.1 Å². The summed E-state index contributed by atoms with van der Waals surface area (Å²) in [6.07, 6.45) is 7.13. The molecule has 0 saturated heterocycles. The lowest BCUT2D eigenvalue weighted by molar-refractivity contribution is 1.22. The number of benzene rings is 4. The topological polar surface area (TPSA) is 56.0 Å². The van der Waals surface area contributed by atoms with Gasteiger partial charge in [0.2, 0.25) is 0 Å². The highest BCUT2D eigenvalue weighted by atomic mass is 32.4. The minimum Gasteiger partial charge on any atom is -0.292 e. The molecule has 0 N–H and O–H groups in total. The Labute approximate surface area is 228 Å². The van der Waals surface area contributed by atoms with Crippen LogP contribution in [0.25, 0.3) is 49.3 Å². The van der Waals surface area contributed by atoms with Crippen LogP contribution < -0.4 is 15.9 Å². The van der Waals surface area contributed by atoms with Crippen LogP contribution in [0, 0.1) is 0 Å². The molecule has 0 radical (unpaired) electrons. The van der Waals surface area contributed by atoms with Crippen molar-refractivity contribution in [1.29, 1.82) is 0 Å². The van der Waals surface area contributed by atoms with Crippen molar-refractivity contribution in [2.75, 3.05) is 0 Å². The zero-order valence-corrected chi connectivity index (χ0v) is 22.3. The molecule has 0 aliphatic heterocycles. The van der Waals surface area contributed by atoms with Crippen LogP contribution in [-0.2, 0) is 11.8 Å². The molecular weight excluding hydrogens is 517 g/mol. The molecule has 0 amide bonds. The van der Waals surface area contributed by atoms with Gasteiger partial charge in [-0.2, -0.15) is 0 Å². The molecule has 0 saturated carbocycles. The predicted molar refractivity (Wildman–Crippen MR) is 165 cm³/mol. The van der Waals surface area contributed by atoms with E-state index in [0.29, 0.717) is 0 Å². The Bertz CT molecular complexity index is 2280. The van der Waals surface area contributed by atoms with E-state index in [1.165, 1.54) is 10.8 Å². The molecule has 0 spiro atoms. The fourth-order valence-corrected chi connectivity index (χ4v) is 9.27. The van der Waals surface area contributed by atoms with Crippen molar-refractivity contribution < 1.29 is 0 Å². The summed E-state index contributed by atoms with van der Waals surface area (Å²) in [4.78, 5) is 18.2. The van der Waals surface area contributed by atoms with Crippen LogP contribution in [0.4, 0.5) is 0 Å². The van der Waals surface area contributed by atoms with E-state index in [1.54, 1.807) is 12.5 Å². The van der Waals surface area contributed by atoms with Gasteiger partial charge in [-0.3, -0.25) is 9.38 Å². The van der Waals surface area contributed by atoms with Crippen LogP contribution in [0.15, 0.2) is 122 Å². The van der Waals surface area contributed by atoms with Gasteiger partial charge in [0, 0.05) is 46.1 Å². The highest BCUT2D eigenvalue weighted by molar-refractivity contribution is 8.25. The Balaban J connectivity index is 1.48. The van der Waals surface area contributed by atoms with Gasteiger partial charge < -0.3 is 0 Å². The van der Waals surface area contributed by atoms with E-state index >= 15 is 0 Å². The van der Waals surface area contributed by atoms with Gasteiger partial charge in [-0.1, -0.05) is 72.5 Å². The summed E-state index contributed by atoms with van der Waals surface area (Å²) in [6.45, 7) is 0. The average molecular weight is 538 g/mol. The fourth-order valence-electron chi connectivity index (χ4n) is 5.65. The minimum atomic E-state index is -2.47. The first kappa shape index (κ1) is 22.5. The second-order valence-corrected chi connectivity index (χ2v) is 14.0. The van der Waals surface area contributed by atoms with Gasteiger partial charge >= 0.3 is 0 Å². The summed E-state index contributed by atoms with van der Waals surface area (Å²) >= 11 is 6.70. The number of pyridine rings is 2. The molecule has 184 valence electrons. The van der Waals surface area contributed by atoms with E-state index in [9.17, 15) is 0 Å². The number of hydrogen-bond donors (Lipinski definition) is 0. The van der Waals surface area contributed by atoms with Gasteiger partial charge in [-0.15, -0.1) is 0 Å². The molecule has 1 atom stereocenters. The molecule has 0 fully saturated rings. The smallest absolute Gasteiger partial charge is 0.146 e. The maximum atomic E-state index is 6.70. The number of para-hydroxylation sites is 1. The first-order valence-electron chi connectivity index (χ1n) is 12.6. The summed E-state index contributed by atoms with van der Waals surface area (Å²) in [7, 11) is 0. The van der Waals surface area contributed by atoms with Crippen molar-refractivity contribution in [2.45, 2.75) is 0 Å². The third-order valence-electron chi connectivity index (χ3n) is 7.47. The first-order chi connectivity index (χ1) is 19.2. The Hall–Kier alpha value is -4.51. The van der Waals surface area contributed by atoms with Gasteiger partial charge in [0.25, 0.3) is 0 Å². The number of hydrogen-bond acceptors (Lipinski definition) is 5. The van der Waals surface area contributed by atoms with Crippen molar-refractivity contribution >= 4 is 83.0 Å². The van der Waals surface area contributed by atoms with E-state index in [1.807, 2.05) is 24.5 Å². The number of aromatic nitrogens is 5. The lowest BCUT2D eigenvalue weighted by Gasteiger charge is -2.24. The van der Waals surface area contributed by atoms with Crippen molar-refractivity contribution in [3.63, 3.8) is 0 Å². The summed E-state index contributed by atoms with van der Waals surface area (Å²) in [5.41, 5.74) is 4.97. The Morgan fingerprint density at radius 1 is 0.615 bits per heavy atom. The van der Waals surface area contributed by atoms with Crippen LogP contribution in [0.2, 0.25) is 0 Å². The highest BCUT2D eigenvalue weighted by Gasteiger charge is 2.27. The monoisotopic (exact) mass is 537 g/mol. The van der Waals surface area contributed by atoms with E-state index in [4.69, 9.17) is 16.8 Å². The summed E-state index contributed by atoms with van der Waals surface area (Å²) in [6, 6.07) is 31.4. The molecule has 4 aromatic heterocycles. The summed E-state index contributed by atoms with van der Waals surface area (Å²) in [5, 5.41) is 7.72. The summed E-state index contributed by atoms with van der Waals surface area (Å²) in [5.74, 6) is 0. The van der Waals surface area contributed by atoms with Crippen LogP contribution >= 0.6 is 6.04 Å². The standard InChI is InChI=1S/C32H20N5PS/c39-38(24-6-5-15-33-19-24,22-11-13-28-21(16-22)18-34-20-35-28)23-12-14-29-31(17-23)37-30-10-4-3-8-26(30)25-7-1-2-9-27(25)32(37)36-29/h1-20H. The second kappa shape index (κ2) is 8.50. The lowest BCUT2D eigenvalue weighted by Crippen LogP contribution is -2.25. The molecule has 8 rings (SSSR count). The van der Waals surface area contributed by atoms with Gasteiger partial charge in [0.15, 0.2) is 0 Å². The SMILES string of the molecule is S=P(c1cccnc1)(c1ccc2ncncc2c1)c1ccc2nc3c4ccccc4c4ccccc4n3c2c1. The van der Waals surface area contributed by atoms with E-state index in [-0.39, 0.29) is 0 Å². The van der Waals surface area contributed by atoms with Crippen LogP contribution in [0.5, 0.6) is 0 Å². The third-order valence-corrected chi connectivity index (χ3v) is 12.4. The molecule has 0 bridgehead atoms. The second-order valence-electron chi connectivity index (χ2n) is 9.59. The normalized spacial score (nSPS) is 13.4.